The number of ketones is 1. The van der Waals surface area contributed by atoms with Gasteiger partial charge >= 0.3 is 0 Å². The summed E-state index contributed by atoms with van der Waals surface area (Å²) < 4.78 is 0. The smallest absolute Gasteiger partial charge is 0.133 e. The molecule has 1 aliphatic carbocycles. The van der Waals surface area contributed by atoms with Gasteiger partial charge < -0.3 is 0 Å². The number of allylic oxidation sites excluding steroid dienone is 2. The van der Waals surface area contributed by atoms with Gasteiger partial charge in [0.1, 0.15) is 5.78 Å². The molecule has 1 aromatic rings. The Hall–Kier alpha value is -1.37. The van der Waals surface area contributed by atoms with Gasteiger partial charge in [-0.15, -0.1) is 0 Å². The molecule has 1 saturated carbocycles. The Morgan fingerprint density at radius 1 is 1.04 bits per heavy atom. The Balaban J connectivity index is 1.77. The molecule has 0 saturated heterocycles. The van der Waals surface area contributed by atoms with Crippen molar-refractivity contribution in [1.29, 1.82) is 0 Å². The Morgan fingerprint density at radius 2 is 1.77 bits per heavy atom. The molecule has 26 heavy (non-hydrogen) atoms. The first-order valence-corrected chi connectivity index (χ1v) is 10.8. The fraction of sp³-hybridized carbons (Fsp3) is 0.640. The quantitative estimate of drug-likeness (QED) is 0.308. The number of carbonyl (C=O) groups excluding carboxylic acids is 1. The molecule has 2 rings (SSSR count). The van der Waals surface area contributed by atoms with Crippen molar-refractivity contribution >= 4 is 5.78 Å². The summed E-state index contributed by atoms with van der Waals surface area (Å²) in [6.07, 6.45) is 14.6. The van der Waals surface area contributed by atoms with Gasteiger partial charge in [-0.05, 0) is 61.3 Å². The highest BCUT2D eigenvalue weighted by molar-refractivity contribution is 5.78. The summed E-state index contributed by atoms with van der Waals surface area (Å²) in [4.78, 5) is 12.4. The monoisotopic (exact) mass is 354 g/mol. The number of unbranched alkanes of at least 4 members (excludes halogenated alkanes) is 2. The number of benzene rings is 1. The van der Waals surface area contributed by atoms with E-state index in [1.54, 1.807) is 0 Å². The van der Waals surface area contributed by atoms with Gasteiger partial charge in [0, 0.05) is 12.8 Å². The van der Waals surface area contributed by atoms with Crippen molar-refractivity contribution in [2.24, 2.45) is 23.7 Å². The van der Waals surface area contributed by atoms with E-state index in [0.29, 0.717) is 12.2 Å². The van der Waals surface area contributed by atoms with Gasteiger partial charge in [-0.1, -0.05) is 76.1 Å². The summed E-state index contributed by atoms with van der Waals surface area (Å²) in [5.74, 6) is 3.50. The van der Waals surface area contributed by atoms with Gasteiger partial charge in [0.15, 0.2) is 0 Å². The third-order valence-electron chi connectivity index (χ3n) is 6.35. The SMILES string of the molecule is CCCC/C=C\C[C@@H]1[C@@H](CCC(=O)CCc2ccccc2)[C@H](C)C[C@@H]1C. The lowest BCUT2D eigenvalue weighted by Crippen LogP contribution is -2.17. The van der Waals surface area contributed by atoms with E-state index < -0.39 is 0 Å². The van der Waals surface area contributed by atoms with Crippen molar-refractivity contribution in [1.82, 2.24) is 0 Å². The molecule has 144 valence electrons. The summed E-state index contributed by atoms with van der Waals surface area (Å²) in [6.45, 7) is 7.06. The predicted molar refractivity (Wildman–Crippen MR) is 112 cm³/mol. The zero-order valence-electron chi connectivity index (χ0n) is 17.1. The minimum atomic E-state index is 0.442. The van der Waals surface area contributed by atoms with Crippen molar-refractivity contribution in [2.75, 3.05) is 0 Å². The molecule has 0 spiro atoms. The maximum absolute atomic E-state index is 12.4. The number of hydrogen-bond donors (Lipinski definition) is 0. The van der Waals surface area contributed by atoms with Crippen LogP contribution in [0.5, 0.6) is 0 Å². The topological polar surface area (TPSA) is 17.1 Å². The number of aryl methyl sites for hydroxylation is 1. The molecule has 1 fully saturated rings. The van der Waals surface area contributed by atoms with Gasteiger partial charge in [-0.25, -0.2) is 0 Å². The maximum Gasteiger partial charge on any atom is 0.133 e. The normalized spacial score (nSPS) is 25.8. The van der Waals surface area contributed by atoms with Crippen LogP contribution in [0.4, 0.5) is 0 Å². The number of Topliss-reactive ketones (excluding diaryl/α,β-unsaturated/α-hetero) is 1. The minimum absolute atomic E-state index is 0.442. The van der Waals surface area contributed by atoms with Gasteiger partial charge in [0.05, 0.1) is 0 Å². The summed E-state index contributed by atoms with van der Waals surface area (Å²) >= 11 is 0. The Bertz CT molecular complexity index is 545. The first-order chi connectivity index (χ1) is 12.6. The van der Waals surface area contributed by atoms with Crippen LogP contribution in [0.2, 0.25) is 0 Å². The Labute approximate surface area is 161 Å². The van der Waals surface area contributed by atoms with Crippen LogP contribution in [-0.2, 0) is 11.2 Å². The molecule has 0 aliphatic heterocycles. The van der Waals surface area contributed by atoms with Crippen LogP contribution in [0.25, 0.3) is 0 Å². The zero-order chi connectivity index (χ0) is 18.8. The number of carbonyl (C=O) groups is 1. The first kappa shape index (κ1) is 20.9. The molecule has 0 unspecified atom stereocenters. The second-order valence-electron chi connectivity index (χ2n) is 8.43. The molecule has 1 aromatic carbocycles. The summed E-state index contributed by atoms with van der Waals surface area (Å²) in [5.41, 5.74) is 1.28. The molecule has 1 nitrogen and oxygen atoms in total. The lowest BCUT2D eigenvalue weighted by molar-refractivity contribution is -0.119. The van der Waals surface area contributed by atoms with Crippen LogP contribution in [0, 0.1) is 23.7 Å². The van der Waals surface area contributed by atoms with E-state index in [-0.39, 0.29) is 0 Å². The van der Waals surface area contributed by atoms with E-state index >= 15 is 0 Å². The molecule has 0 bridgehead atoms. The Morgan fingerprint density at radius 3 is 2.50 bits per heavy atom. The molecule has 0 N–H and O–H groups in total. The van der Waals surface area contributed by atoms with Crippen molar-refractivity contribution in [2.45, 2.75) is 78.6 Å². The fourth-order valence-corrected chi connectivity index (χ4v) is 4.76. The highest BCUT2D eigenvalue weighted by Crippen LogP contribution is 2.45. The van der Waals surface area contributed by atoms with E-state index in [1.807, 2.05) is 6.07 Å². The highest BCUT2D eigenvalue weighted by Gasteiger charge is 2.37. The lowest BCUT2D eigenvalue weighted by Gasteiger charge is -2.23. The van der Waals surface area contributed by atoms with Crippen molar-refractivity contribution in [3.05, 3.63) is 48.0 Å². The van der Waals surface area contributed by atoms with Gasteiger partial charge in [0.25, 0.3) is 0 Å². The Kier molecular flexibility index (Phi) is 9.15. The highest BCUT2D eigenvalue weighted by atomic mass is 16.1. The van der Waals surface area contributed by atoms with Crippen LogP contribution in [0.15, 0.2) is 42.5 Å². The summed E-state index contributed by atoms with van der Waals surface area (Å²) in [5, 5.41) is 0. The number of rotatable bonds is 11. The van der Waals surface area contributed by atoms with Crippen molar-refractivity contribution < 1.29 is 4.79 Å². The molecule has 0 amide bonds. The third kappa shape index (κ3) is 6.74. The minimum Gasteiger partial charge on any atom is -0.300 e. The van der Waals surface area contributed by atoms with Crippen LogP contribution >= 0.6 is 0 Å². The third-order valence-corrected chi connectivity index (χ3v) is 6.35. The molecule has 0 radical (unpaired) electrons. The first-order valence-electron chi connectivity index (χ1n) is 10.8. The summed E-state index contributed by atoms with van der Waals surface area (Å²) in [7, 11) is 0. The molecule has 0 heterocycles. The maximum atomic E-state index is 12.4. The van der Waals surface area contributed by atoms with E-state index in [2.05, 4.69) is 57.2 Å². The van der Waals surface area contributed by atoms with Crippen molar-refractivity contribution in [3.8, 4) is 0 Å². The average Bonchev–Trinajstić information content (AvgIpc) is 2.91. The lowest BCUT2D eigenvalue weighted by atomic mass is 9.81. The van der Waals surface area contributed by atoms with Crippen molar-refractivity contribution in [3.63, 3.8) is 0 Å². The zero-order valence-corrected chi connectivity index (χ0v) is 17.1. The number of hydrogen-bond acceptors (Lipinski definition) is 1. The van der Waals surface area contributed by atoms with E-state index in [9.17, 15) is 4.79 Å². The van der Waals surface area contributed by atoms with Crippen LogP contribution in [0.3, 0.4) is 0 Å². The second-order valence-corrected chi connectivity index (χ2v) is 8.43. The molecule has 1 heteroatoms. The second kappa shape index (κ2) is 11.4. The standard InChI is InChI=1S/C25H38O/c1-4-5-6-7-11-14-24-20(2)19-21(3)25(24)18-17-23(26)16-15-22-12-9-8-10-13-22/h7-13,20-21,24-25H,4-6,14-19H2,1-3H3/b11-7-/t20-,21+,24-,25-/m0/s1. The average molecular weight is 355 g/mol. The van der Waals surface area contributed by atoms with Gasteiger partial charge in [-0.2, -0.15) is 0 Å². The van der Waals surface area contributed by atoms with E-state index in [4.69, 9.17) is 0 Å². The molecular weight excluding hydrogens is 316 g/mol. The van der Waals surface area contributed by atoms with E-state index in [1.165, 1.54) is 37.7 Å². The van der Waals surface area contributed by atoms with Gasteiger partial charge in [0.2, 0.25) is 0 Å². The summed E-state index contributed by atoms with van der Waals surface area (Å²) in [6, 6.07) is 10.4. The molecule has 0 aromatic heterocycles. The van der Waals surface area contributed by atoms with E-state index in [0.717, 1.165) is 42.9 Å². The molecule has 4 atom stereocenters. The largest absolute Gasteiger partial charge is 0.300 e. The van der Waals surface area contributed by atoms with Crippen LogP contribution in [0.1, 0.15) is 77.7 Å². The molecular formula is C25H38O. The fourth-order valence-electron chi connectivity index (χ4n) is 4.76. The predicted octanol–water partition coefficient (Wildman–Crippen LogP) is 7.01. The van der Waals surface area contributed by atoms with Gasteiger partial charge in [-0.3, -0.25) is 4.79 Å². The molecule has 1 aliphatic rings. The van der Waals surface area contributed by atoms with Crippen LogP contribution in [-0.4, -0.2) is 5.78 Å². The van der Waals surface area contributed by atoms with Crippen LogP contribution < -0.4 is 0 Å².